The lowest BCUT2D eigenvalue weighted by molar-refractivity contribution is -0.385. The summed E-state index contributed by atoms with van der Waals surface area (Å²) in [5, 5.41) is 19.5. The third kappa shape index (κ3) is 5.41. The maximum atomic E-state index is 12.2. The summed E-state index contributed by atoms with van der Waals surface area (Å²) in [7, 11) is 1.30. The van der Waals surface area contributed by atoms with Crippen molar-refractivity contribution in [1.82, 2.24) is 4.90 Å². The number of hydrogen-bond acceptors (Lipinski definition) is 6. The van der Waals surface area contributed by atoms with Gasteiger partial charge in [-0.05, 0) is 19.9 Å². The number of methoxy groups -OCH3 is 1. The standard InChI is InChI=1S/C15H20N2O7/c1-10(2)16(7-6-15(19)20)14(18)9-24-11-4-5-12(17(21)22)13(8-11)23-3/h4-5,8,10H,6-7,9H2,1-3H3,(H,19,20). The molecule has 9 heteroatoms. The van der Waals surface area contributed by atoms with Crippen molar-refractivity contribution in [3.63, 3.8) is 0 Å². The number of carbonyl (C=O) groups excluding carboxylic acids is 1. The Morgan fingerprint density at radius 2 is 2.04 bits per heavy atom. The van der Waals surface area contributed by atoms with Gasteiger partial charge in [-0.1, -0.05) is 0 Å². The second-order valence-electron chi connectivity index (χ2n) is 5.20. The van der Waals surface area contributed by atoms with Crippen molar-refractivity contribution >= 4 is 17.6 Å². The number of nitro benzene ring substituents is 1. The first-order valence-electron chi connectivity index (χ1n) is 7.22. The van der Waals surface area contributed by atoms with Crippen molar-refractivity contribution in [2.45, 2.75) is 26.3 Å². The number of carboxylic acid groups (broad SMARTS) is 1. The fourth-order valence-corrected chi connectivity index (χ4v) is 2.01. The number of aliphatic carboxylic acids is 1. The number of ether oxygens (including phenoxy) is 2. The Balaban J connectivity index is 2.74. The number of carbonyl (C=O) groups is 2. The number of amides is 1. The van der Waals surface area contributed by atoms with Gasteiger partial charge < -0.3 is 19.5 Å². The van der Waals surface area contributed by atoms with Crippen LogP contribution in [0.3, 0.4) is 0 Å². The number of nitrogens with zero attached hydrogens (tertiary/aromatic N) is 2. The van der Waals surface area contributed by atoms with Crippen molar-refractivity contribution < 1.29 is 29.1 Å². The Kier molecular flexibility index (Phi) is 6.97. The van der Waals surface area contributed by atoms with Gasteiger partial charge >= 0.3 is 11.7 Å². The summed E-state index contributed by atoms with van der Waals surface area (Å²) in [6, 6.07) is 3.74. The molecule has 0 aromatic heterocycles. The molecule has 0 radical (unpaired) electrons. The quantitative estimate of drug-likeness (QED) is 0.536. The highest BCUT2D eigenvalue weighted by atomic mass is 16.6. The van der Waals surface area contributed by atoms with Crippen LogP contribution in [0.5, 0.6) is 11.5 Å². The second-order valence-corrected chi connectivity index (χ2v) is 5.20. The van der Waals surface area contributed by atoms with E-state index in [1.54, 1.807) is 13.8 Å². The molecule has 1 aromatic carbocycles. The molecule has 1 N–H and O–H groups in total. The summed E-state index contributed by atoms with van der Waals surface area (Å²) in [5.74, 6) is -1.10. The van der Waals surface area contributed by atoms with Gasteiger partial charge in [-0.25, -0.2) is 0 Å². The van der Waals surface area contributed by atoms with E-state index < -0.39 is 10.9 Å². The lowest BCUT2D eigenvalue weighted by Crippen LogP contribution is -2.41. The first kappa shape index (κ1) is 19.2. The molecule has 0 aliphatic heterocycles. The third-order valence-electron chi connectivity index (χ3n) is 3.22. The molecule has 24 heavy (non-hydrogen) atoms. The minimum Gasteiger partial charge on any atom is -0.490 e. The van der Waals surface area contributed by atoms with Crippen LogP contribution >= 0.6 is 0 Å². The van der Waals surface area contributed by atoms with E-state index in [9.17, 15) is 19.7 Å². The van der Waals surface area contributed by atoms with Crippen LogP contribution in [0.4, 0.5) is 5.69 Å². The SMILES string of the molecule is COc1cc(OCC(=O)N(CCC(=O)O)C(C)C)ccc1[N+](=O)[O-]. The molecule has 0 unspecified atom stereocenters. The van der Waals surface area contributed by atoms with E-state index in [4.69, 9.17) is 14.6 Å². The predicted molar refractivity (Wildman–Crippen MR) is 84.2 cm³/mol. The normalized spacial score (nSPS) is 10.3. The number of nitro groups is 1. The van der Waals surface area contributed by atoms with E-state index in [2.05, 4.69) is 0 Å². The molecule has 0 fully saturated rings. The molecule has 0 bridgehead atoms. The molecule has 0 saturated heterocycles. The first-order valence-corrected chi connectivity index (χ1v) is 7.22. The van der Waals surface area contributed by atoms with E-state index in [1.807, 2.05) is 0 Å². The van der Waals surface area contributed by atoms with Crippen LogP contribution in [-0.4, -0.2) is 53.1 Å². The van der Waals surface area contributed by atoms with Crippen molar-refractivity contribution in [3.8, 4) is 11.5 Å². The maximum Gasteiger partial charge on any atom is 0.311 e. The van der Waals surface area contributed by atoms with Gasteiger partial charge in [0, 0.05) is 24.7 Å². The van der Waals surface area contributed by atoms with E-state index in [1.165, 1.54) is 30.2 Å². The molecule has 0 heterocycles. The number of benzene rings is 1. The Morgan fingerprint density at radius 3 is 2.54 bits per heavy atom. The van der Waals surface area contributed by atoms with Crippen LogP contribution in [0.2, 0.25) is 0 Å². The van der Waals surface area contributed by atoms with E-state index in [-0.39, 0.29) is 48.7 Å². The molecular formula is C15H20N2O7. The van der Waals surface area contributed by atoms with Gasteiger partial charge in [0.2, 0.25) is 5.75 Å². The van der Waals surface area contributed by atoms with Crippen molar-refractivity contribution in [2.24, 2.45) is 0 Å². The summed E-state index contributed by atoms with van der Waals surface area (Å²) in [4.78, 5) is 34.5. The van der Waals surface area contributed by atoms with Crippen molar-refractivity contribution in [2.75, 3.05) is 20.3 Å². The van der Waals surface area contributed by atoms with E-state index >= 15 is 0 Å². The van der Waals surface area contributed by atoms with E-state index in [0.717, 1.165) is 0 Å². The summed E-state index contributed by atoms with van der Waals surface area (Å²) in [5.41, 5.74) is -0.207. The largest absolute Gasteiger partial charge is 0.490 e. The fourth-order valence-electron chi connectivity index (χ4n) is 2.01. The molecule has 0 aliphatic carbocycles. The topological polar surface area (TPSA) is 119 Å². The average Bonchev–Trinajstić information content (AvgIpc) is 2.51. The lowest BCUT2D eigenvalue weighted by Gasteiger charge is -2.26. The number of carboxylic acids is 1. The zero-order valence-electron chi connectivity index (χ0n) is 13.7. The molecule has 132 valence electrons. The van der Waals surface area contributed by atoms with Crippen LogP contribution in [0.1, 0.15) is 20.3 Å². The summed E-state index contributed by atoms with van der Waals surface area (Å²) in [6.07, 6.45) is -0.157. The minimum absolute atomic E-state index is 0.0246. The summed E-state index contributed by atoms with van der Waals surface area (Å²) < 4.78 is 10.3. The molecule has 0 aliphatic rings. The van der Waals surface area contributed by atoms with Crippen LogP contribution < -0.4 is 9.47 Å². The molecule has 0 saturated carbocycles. The molecular weight excluding hydrogens is 320 g/mol. The zero-order valence-corrected chi connectivity index (χ0v) is 13.7. The van der Waals surface area contributed by atoms with Crippen LogP contribution in [0.15, 0.2) is 18.2 Å². The van der Waals surface area contributed by atoms with Gasteiger partial charge in [0.15, 0.2) is 6.61 Å². The first-order chi connectivity index (χ1) is 11.3. The van der Waals surface area contributed by atoms with Gasteiger partial charge in [-0.3, -0.25) is 19.7 Å². The highest BCUT2D eigenvalue weighted by Gasteiger charge is 2.20. The monoisotopic (exact) mass is 340 g/mol. The molecule has 0 atom stereocenters. The highest BCUT2D eigenvalue weighted by molar-refractivity contribution is 5.78. The minimum atomic E-state index is -0.991. The van der Waals surface area contributed by atoms with Gasteiger partial charge in [0.05, 0.1) is 18.5 Å². The second kappa shape index (κ2) is 8.70. The van der Waals surface area contributed by atoms with Gasteiger partial charge in [-0.15, -0.1) is 0 Å². The van der Waals surface area contributed by atoms with Crippen LogP contribution in [-0.2, 0) is 9.59 Å². The Bertz CT molecular complexity index is 616. The fraction of sp³-hybridized carbons (Fsp3) is 0.467. The lowest BCUT2D eigenvalue weighted by atomic mass is 10.2. The van der Waals surface area contributed by atoms with Crippen molar-refractivity contribution in [3.05, 3.63) is 28.3 Å². The Hall–Kier alpha value is -2.84. The molecule has 1 amide bonds. The van der Waals surface area contributed by atoms with Crippen molar-refractivity contribution in [1.29, 1.82) is 0 Å². The summed E-state index contributed by atoms with van der Waals surface area (Å²) in [6.45, 7) is 3.32. The van der Waals surface area contributed by atoms with Crippen LogP contribution in [0.25, 0.3) is 0 Å². The molecule has 1 aromatic rings. The third-order valence-corrected chi connectivity index (χ3v) is 3.22. The molecule has 9 nitrogen and oxygen atoms in total. The molecule has 1 rings (SSSR count). The van der Waals surface area contributed by atoms with E-state index in [0.29, 0.717) is 0 Å². The summed E-state index contributed by atoms with van der Waals surface area (Å²) >= 11 is 0. The number of hydrogen-bond donors (Lipinski definition) is 1. The Morgan fingerprint density at radius 1 is 1.38 bits per heavy atom. The van der Waals surface area contributed by atoms with Gasteiger partial charge in [0.1, 0.15) is 5.75 Å². The molecule has 0 spiro atoms. The van der Waals surface area contributed by atoms with Gasteiger partial charge in [0.25, 0.3) is 5.91 Å². The zero-order chi connectivity index (χ0) is 18.3. The van der Waals surface area contributed by atoms with Crippen LogP contribution in [0, 0.1) is 10.1 Å². The maximum absolute atomic E-state index is 12.2. The van der Waals surface area contributed by atoms with Gasteiger partial charge in [-0.2, -0.15) is 0 Å². The number of rotatable bonds is 9. The smallest absolute Gasteiger partial charge is 0.311 e. The Labute approximate surface area is 138 Å². The predicted octanol–water partition coefficient (Wildman–Crippen LogP) is 1.69. The average molecular weight is 340 g/mol. The highest BCUT2D eigenvalue weighted by Crippen LogP contribution is 2.30.